The van der Waals surface area contributed by atoms with Crippen molar-refractivity contribution in [1.29, 1.82) is 5.26 Å². The predicted molar refractivity (Wildman–Crippen MR) is 159 cm³/mol. The molecule has 3 aromatic carbocycles. The Kier molecular flexibility index (Phi) is 8.17. The molecule has 12 nitrogen and oxygen atoms in total. The SMILES string of the molecule is N#Cc1cn(C2OC(COC(=O)c3ccccc3)C(OC(=O)c3ccccc3)C2OC(=O)c2ccccc2)c2ncnc(N)c12. The molecule has 0 bridgehead atoms. The number of ether oxygens (including phenoxy) is 4. The summed E-state index contributed by atoms with van der Waals surface area (Å²) in [6.07, 6.45) is -2.18. The molecule has 1 aliphatic rings. The van der Waals surface area contributed by atoms with Gasteiger partial charge in [-0.15, -0.1) is 0 Å². The lowest BCUT2D eigenvalue weighted by Gasteiger charge is -2.25. The first kappa shape index (κ1) is 29.0. The summed E-state index contributed by atoms with van der Waals surface area (Å²) in [5.41, 5.74) is 7.25. The van der Waals surface area contributed by atoms with E-state index in [0.29, 0.717) is 5.56 Å². The molecule has 0 amide bonds. The number of nitrogens with two attached hydrogens (primary N) is 1. The van der Waals surface area contributed by atoms with E-state index in [9.17, 15) is 19.6 Å². The Bertz CT molecular complexity index is 1890. The summed E-state index contributed by atoms with van der Waals surface area (Å²) in [6, 6.07) is 26.9. The van der Waals surface area contributed by atoms with Gasteiger partial charge >= 0.3 is 17.9 Å². The van der Waals surface area contributed by atoms with Crippen molar-refractivity contribution in [2.75, 3.05) is 12.3 Å². The second-order valence-electron chi connectivity index (χ2n) is 10.0. The highest BCUT2D eigenvalue weighted by Crippen LogP contribution is 2.38. The van der Waals surface area contributed by atoms with Gasteiger partial charge in [0.1, 0.15) is 36.6 Å². The van der Waals surface area contributed by atoms with E-state index in [-0.39, 0.29) is 40.1 Å². The van der Waals surface area contributed by atoms with Gasteiger partial charge in [-0.2, -0.15) is 5.26 Å². The normalized spacial score (nSPS) is 19.0. The minimum atomic E-state index is -1.29. The van der Waals surface area contributed by atoms with Crippen LogP contribution in [0.25, 0.3) is 11.0 Å². The van der Waals surface area contributed by atoms with Crippen molar-refractivity contribution in [3.63, 3.8) is 0 Å². The molecular formula is C33H25N5O7. The third-order valence-electron chi connectivity index (χ3n) is 7.21. The molecule has 2 aromatic heterocycles. The number of nitrogen functional groups attached to an aromatic ring is 1. The van der Waals surface area contributed by atoms with Gasteiger partial charge in [-0.05, 0) is 36.4 Å². The zero-order chi connectivity index (χ0) is 31.3. The average Bonchev–Trinajstić information content (AvgIpc) is 3.63. The summed E-state index contributed by atoms with van der Waals surface area (Å²) in [7, 11) is 0. The number of nitriles is 1. The first-order valence-corrected chi connectivity index (χ1v) is 13.9. The largest absolute Gasteiger partial charge is 0.459 e. The number of rotatable bonds is 8. The first-order valence-electron chi connectivity index (χ1n) is 13.9. The van der Waals surface area contributed by atoms with Gasteiger partial charge in [0.15, 0.2) is 18.4 Å². The fourth-order valence-corrected chi connectivity index (χ4v) is 5.07. The summed E-state index contributed by atoms with van der Waals surface area (Å²) in [5, 5.41) is 10.1. The fraction of sp³-hybridized carbons (Fsp3) is 0.152. The zero-order valence-electron chi connectivity index (χ0n) is 23.6. The lowest BCUT2D eigenvalue weighted by atomic mass is 10.1. The summed E-state index contributed by atoms with van der Waals surface area (Å²) >= 11 is 0. The predicted octanol–water partition coefficient (Wildman–Crippen LogP) is 4.09. The van der Waals surface area contributed by atoms with Crippen LogP contribution >= 0.6 is 0 Å². The van der Waals surface area contributed by atoms with E-state index in [2.05, 4.69) is 16.0 Å². The molecule has 4 atom stereocenters. The van der Waals surface area contributed by atoms with Crippen LogP contribution in [0.2, 0.25) is 0 Å². The Hall–Kier alpha value is -6.06. The van der Waals surface area contributed by atoms with Crippen LogP contribution in [0.15, 0.2) is 104 Å². The molecule has 1 fully saturated rings. The Morgan fingerprint density at radius 3 is 1.89 bits per heavy atom. The first-order chi connectivity index (χ1) is 21.9. The molecule has 12 heteroatoms. The van der Waals surface area contributed by atoms with E-state index in [1.54, 1.807) is 91.0 Å². The lowest BCUT2D eigenvalue weighted by Crippen LogP contribution is -2.41. The minimum Gasteiger partial charge on any atom is -0.459 e. The molecule has 4 unspecified atom stereocenters. The van der Waals surface area contributed by atoms with Crippen LogP contribution in [0, 0.1) is 11.3 Å². The van der Waals surface area contributed by atoms with Crippen LogP contribution in [0.5, 0.6) is 0 Å². The summed E-state index contributed by atoms with van der Waals surface area (Å²) in [4.78, 5) is 47.9. The molecule has 0 aliphatic carbocycles. The topological polar surface area (TPSA) is 169 Å². The molecule has 0 saturated carbocycles. The number of carbonyl (C=O) groups is 3. The molecule has 45 heavy (non-hydrogen) atoms. The average molecular weight is 604 g/mol. The van der Waals surface area contributed by atoms with Gasteiger partial charge in [0, 0.05) is 6.20 Å². The van der Waals surface area contributed by atoms with Gasteiger partial charge < -0.3 is 29.2 Å². The van der Waals surface area contributed by atoms with E-state index in [1.807, 2.05) is 0 Å². The van der Waals surface area contributed by atoms with Gasteiger partial charge in [0.05, 0.1) is 27.6 Å². The van der Waals surface area contributed by atoms with Crippen LogP contribution in [0.3, 0.4) is 0 Å². The molecule has 6 rings (SSSR count). The van der Waals surface area contributed by atoms with Crippen molar-refractivity contribution >= 4 is 34.8 Å². The third kappa shape index (κ3) is 5.93. The molecule has 1 saturated heterocycles. The van der Waals surface area contributed by atoms with E-state index in [1.165, 1.54) is 17.1 Å². The van der Waals surface area contributed by atoms with Gasteiger partial charge in [0.2, 0.25) is 0 Å². The van der Waals surface area contributed by atoms with Crippen molar-refractivity contribution in [3.05, 3.63) is 126 Å². The molecular weight excluding hydrogens is 578 g/mol. The Morgan fingerprint density at radius 2 is 1.33 bits per heavy atom. The second kappa shape index (κ2) is 12.7. The number of carbonyl (C=O) groups excluding carboxylic acids is 3. The number of fused-ring (bicyclic) bond motifs is 1. The molecule has 0 radical (unpaired) electrons. The van der Waals surface area contributed by atoms with Gasteiger partial charge in [-0.3, -0.25) is 0 Å². The monoisotopic (exact) mass is 603 g/mol. The van der Waals surface area contributed by atoms with E-state index in [4.69, 9.17) is 24.7 Å². The van der Waals surface area contributed by atoms with E-state index < -0.39 is 42.4 Å². The molecule has 3 heterocycles. The Morgan fingerprint density at radius 1 is 0.800 bits per heavy atom. The van der Waals surface area contributed by atoms with Gasteiger partial charge in [-0.1, -0.05) is 54.6 Å². The molecule has 0 spiro atoms. The van der Waals surface area contributed by atoms with Crippen LogP contribution in [0.1, 0.15) is 42.9 Å². The molecule has 224 valence electrons. The van der Waals surface area contributed by atoms with Gasteiger partial charge in [-0.25, -0.2) is 24.4 Å². The van der Waals surface area contributed by atoms with Crippen LogP contribution in [-0.4, -0.2) is 57.4 Å². The summed E-state index contributed by atoms with van der Waals surface area (Å²) in [6.45, 7) is -0.363. The highest BCUT2D eigenvalue weighted by Gasteiger charge is 2.52. The maximum absolute atomic E-state index is 13.4. The van der Waals surface area contributed by atoms with Crippen molar-refractivity contribution in [1.82, 2.24) is 14.5 Å². The number of aromatic nitrogens is 3. The Balaban J connectivity index is 1.41. The lowest BCUT2D eigenvalue weighted by molar-refractivity contribution is -0.0604. The van der Waals surface area contributed by atoms with Crippen molar-refractivity contribution in [3.8, 4) is 6.07 Å². The number of benzene rings is 3. The van der Waals surface area contributed by atoms with Crippen molar-refractivity contribution in [2.24, 2.45) is 0 Å². The van der Waals surface area contributed by atoms with E-state index >= 15 is 0 Å². The quantitative estimate of drug-likeness (QED) is 0.200. The zero-order valence-corrected chi connectivity index (χ0v) is 23.6. The number of esters is 3. The third-order valence-corrected chi connectivity index (χ3v) is 7.21. The van der Waals surface area contributed by atoms with Crippen LogP contribution in [-0.2, 0) is 18.9 Å². The maximum Gasteiger partial charge on any atom is 0.338 e. The highest BCUT2D eigenvalue weighted by molar-refractivity contribution is 5.93. The Labute approximate surface area is 256 Å². The van der Waals surface area contributed by atoms with Crippen molar-refractivity contribution in [2.45, 2.75) is 24.5 Å². The maximum atomic E-state index is 13.4. The second-order valence-corrected chi connectivity index (χ2v) is 10.0. The molecule has 5 aromatic rings. The summed E-state index contributed by atoms with van der Waals surface area (Å²) < 4.78 is 25.4. The molecule has 1 aliphatic heterocycles. The molecule has 2 N–H and O–H groups in total. The summed E-state index contributed by atoms with van der Waals surface area (Å²) in [5.74, 6) is -2.01. The number of anilines is 1. The fourth-order valence-electron chi connectivity index (χ4n) is 5.07. The van der Waals surface area contributed by atoms with Crippen molar-refractivity contribution < 1.29 is 33.3 Å². The minimum absolute atomic E-state index is 0.0616. The van der Waals surface area contributed by atoms with E-state index in [0.717, 1.165) is 0 Å². The van der Waals surface area contributed by atoms with Crippen LogP contribution in [0.4, 0.5) is 5.82 Å². The number of hydrogen-bond donors (Lipinski definition) is 1. The van der Waals surface area contributed by atoms with Gasteiger partial charge in [0.25, 0.3) is 0 Å². The highest BCUT2D eigenvalue weighted by atomic mass is 16.7. The smallest absolute Gasteiger partial charge is 0.338 e. The van der Waals surface area contributed by atoms with Crippen LogP contribution < -0.4 is 5.73 Å². The standard InChI is InChI=1S/C33H25N5O7/c34-16-23-17-38(29-25(23)28(35)36-19-37-29)30-27(45-33(41)22-14-8-3-9-15-22)26(44-32(40)21-12-6-2-7-13-21)24(43-30)18-42-31(39)20-10-4-1-5-11-20/h1-15,17,19,24,26-27,30H,18H2,(H2,35,36,37). The number of hydrogen-bond acceptors (Lipinski definition) is 11. The number of nitrogens with zero attached hydrogens (tertiary/aromatic N) is 4.